The molecular formula is C21H29ClN6O2. The maximum Gasteiger partial charge on any atom is 0.228 e. The number of amides is 2. The zero-order valence-corrected chi connectivity index (χ0v) is 18.1. The predicted molar refractivity (Wildman–Crippen MR) is 120 cm³/mol. The lowest BCUT2D eigenvalue weighted by molar-refractivity contribution is -0.130. The van der Waals surface area contributed by atoms with Crippen LogP contribution in [0, 0.1) is 5.92 Å². The first-order valence-electron chi connectivity index (χ1n) is 9.89. The Morgan fingerprint density at radius 3 is 2.23 bits per heavy atom. The summed E-state index contributed by atoms with van der Waals surface area (Å²) in [6.07, 6.45) is 3.79. The number of halogens is 1. The zero-order chi connectivity index (χ0) is 20.8. The highest BCUT2D eigenvalue weighted by molar-refractivity contribution is 5.92. The Bertz CT molecular complexity index is 823. The number of aromatic nitrogens is 2. The van der Waals surface area contributed by atoms with E-state index in [0.717, 1.165) is 18.7 Å². The van der Waals surface area contributed by atoms with E-state index < -0.39 is 0 Å². The minimum Gasteiger partial charge on any atom is -0.339 e. The van der Waals surface area contributed by atoms with Crippen LogP contribution in [0.3, 0.4) is 0 Å². The summed E-state index contributed by atoms with van der Waals surface area (Å²) < 4.78 is 0. The second-order valence-electron chi connectivity index (χ2n) is 7.43. The number of piperazine rings is 1. The van der Waals surface area contributed by atoms with E-state index >= 15 is 0 Å². The minimum absolute atomic E-state index is 0. The fourth-order valence-electron chi connectivity index (χ4n) is 3.10. The summed E-state index contributed by atoms with van der Waals surface area (Å²) in [5.74, 6) is 0.428. The summed E-state index contributed by atoms with van der Waals surface area (Å²) in [7, 11) is 0. The summed E-state index contributed by atoms with van der Waals surface area (Å²) in [6.45, 7) is 6.36. The van der Waals surface area contributed by atoms with E-state index in [1.54, 1.807) is 25.4 Å². The maximum absolute atomic E-state index is 12.6. The van der Waals surface area contributed by atoms with Gasteiger partial charge in [-0.05, 0) is 30.7 Å². The number of benzene rings is 1. The van der Waals surface area contributed by atoms with E-state index in [1.165, 1.54) is 0 Å². The van der Waals surface area contributed by atoms with Gasteiger partial charge in [0.15, 0.2) is 0 Å². The summed E-state index contributed by atoms with van der Waals surface area (Å²) in [4.78, 5) is 37.2. The molecule has 1 aliphatic rings. The normalized spacial score (nSPS) is 15.7. The average molecular weight is 433 g/mol. The van der Waals surface area contributed by atoms with Crippen LogP contribution in [0.25, 0.3) is 0 Å². The van der Waals surface area contributed by atoms with Gasteiger partial charge < -0.3 is 20.9 Å². The largest absolute Gasteiger partial charge is 0.339 e. The van der Waals surface area contributed by atoms with Gasteiger partial charge >= 0.3 is 0 Å². The van der Waals surface area contributed by atoms with Gasteiger partial charge in [0.2, 0.25) is 17.8 Å². The summed E-state index contributed by atoms with van der Waals surface area (Å²) in [5.41, 5.74) is 7.39. The molecule has 162 valence electrons. The molecule has 3 rings (SSSR count). The highest BCUT2D eigenvalue weighted by Gasteiger charge is 2.22. The van der Waals surface area contributed by atoms with Crippen molar-refractivity contribution in [2.45, 2.75) is 26.3 Å². The first kappa shape index (κ1) is 23.6. The van der Waals surface area contributed by atoms with Gasteiger partial charge in [0.05, 0.1) is 12.3 Å². The molecule has 2 amide bonds. The van der Waals surface area contributed by atoms with Crippen LogP contribution in [-0.4, -0.2) is 58.9 Å². The SMILES string of the molecule is CC(N)C(C)C(=O)Nc1ccc(CC(=O)N2CCN(c3ncccn3)CC2)cc1.Cl. The van der Waals surface area contributed by atoms with Crippen LogP contribution in [0.15, 0.2) is 42.7 Å². The number of nitrogens with two attached hydrogens (primary N) is 1. The van der Waals surface area contributed by atoms with Gasteiger partial charge in [0.1, 0.15) is 0 Å². The molecule has 1 aliphatic heterocycles. The molecule has 2 atom stereocenters. The van der Waals surface area contributed by atoms with Crippen molar-refractivity contribution >= 4 is 35.9 Å². The predicted octanol–water partition coefficient (Wildman–Crippen LogP) is 1.71. The van der Waals surface area contributed by atoms with E-state index in [1.807, 2.05) is 36.1 Å². The van der Waals surface area contributed by atoms with Crippen molar-refractivity contribution in [1.29, 1.82) is 0 Å². The highest BCUT2D eigenvalue weighted by atomic mass is 35.5. The standard InChI is InChI=1S/C21H28N6O2.ClH/c1-15(16(2)22)20(29)25-18-6-4-17(5-7-18)14-19(28)26-10-12-27(13-11-26)21-23-8-3-9-24-21;/h3-9,15-16H,10-14,22H2,1-2H3,(H,25,29);1H. The molecule has 0 spiro atoms. The fourth-order valence-corrected chi connectivity index (χ4v) is 3.10. The van der Waals surface area contributed by atoms with E-state index in [9.17, 15) is 9.59 Å². The van der Waals surface area contributed by atoms with Crippen LogP contribution in [0.4, 0.5) is 11.6 Å². The van der Waals surface area contributed by atoms with Crippen LogP contribution in [0.2, 0.25) is 0 Å². The third kappa shape index (κ3) is 6.14. The molecule has 1 aromatic carbocycles. The number of hydrogen-bond donors (Lipinski definition) is 2. The average Bonchev–Trinajstić information content (AvgIpc) is 2.75. The number of nitrogens with zero attached hydrogens (tertiary/aromatic N) is 4. The molecular weight excluding hydrogens is 404 g/mol. The molecule has 8 nitrogen and oxygen atoms in total. The van der Waals surface area contributed by atoms with Crippen molar-refractivity contribution in [3.8, 4) is 0 Å². The Morgan fingerprint density at radius 2 is 1.67 bits per heavy atom. The second-order valence-corrected chi connectivity index (χ2v) is 7.43. The van der Waals surface area contributed by atoms with Crippen LogP contribution in [0.1, 0.15) is 19.4 Å². The molecule has 0 radical (unpaired) electrons. The number of carbonyl (C=O) groups is 2. The summed E-state index contributed by atoms with van der Waals surface area (Å²) in [5, 5.41) is 2.86. The second kappa shape index (κ2) is 10.9. The van der Waals surface area contributed by atoms with Crippen molar-refractivity contribution in [2.75, 3.05) is 36.4 Å². The lowest BCUT2D eigenvalue weighted by Crippen LogP contribution is -2.49. The molecule has 9 heteroatoms. The molecule has 0 aliphatic carbocycles. The van der Waals surface area contributed by atoms with Gasteiger partial charge in [-0.25, -0.2) is 9.97 Å². The molecule has 30 heavy (non-hydrogen) atoms. The van der Waals surface area contributed by atoms with Crippen LogP contribution in [0.5, 0.6) is 0 Å². The summed E-state index contributed by atoms with van der Waals surface area (Å²) in [6, 6.07) is 8.97. The number of hydrogen-bond acceptors (Lipinski definition) is 6. The molecule has 1 saturated heterocycles. The van der Waals surface area contributed by atoms with Crippen LogP contribution >= 0.6 is 12.4 Å². The Hall–Kier alpha value is -2.71. The van der Waals surface area contributed by atoms with Gasteiger partial charge in [-0.2, -0.15) is 0 Å². The molecule has 3 N–H and O–H groups in total. The quantitative estimate of drug-likeness (QED) is 0.720. The molecule has 0 bridgehead atoms. The van der Waals surface area contributed by atoms with Crippen molar-refractivity contribution in [3.63, 3.8) is 0 Å². The fraction of sp³-hybridized carbons (Fsp3) is 0.429. The number of nitrogens with one attached hydrogen (secondary N) is 1. The van der Waals surface area contributed by atoms with Crippen molar-refractivity contribution in [3.05, 3.63) is 48.3 Å². The third-order valence-electron chi connectivity index (χ3n) is 5.25. The lowest BCUT2D eigenvalue weighted by atomic mass is 10.0. The zero-order valence-electron chi connectivity index (χ0n) is 17.3. The first-order chi connectivity index (χ1) is 13.9. The smallest absolute Gasteiger partial charge is 0.228 e. The van der Waals surface area contributed by atoms with Crippen molar-refractivity contribution in [1.82, 2.24) is 14.9 Å². The van der Waals surface area contributed by atoms with Crippen molar-refractivity contribution < 1.29 is 9.59 Å². The van der Waals surface area contributed by atoms with Gasteiger partial charge in [-0.3, -0.25) is 9.59 Å². The molecule has 2 heterocycles. The van der Waals surface area contributed by atoms with E-state index in [0.29, 0.717) is 31.1 Å². The van der Waals surface area contributed by atoms with Gasteiger partial charge in [-0.1, -0.05) is 19.1 Å². The molecule has 2 unspecified atom stereocenters. The van der Waals surface area contributed by atoms with E-state index in [4.69, 9.17) is 5.73 Å². The Morgan fingerprint density at radius 1 is 1.07 bits per heavy atom. The lowest BCUT2D eigenvalue weighted by Gasteiger charge is -2.34. The third-order valence-corrected chi connectivity index (χ3v) is 5.25. The van der Waals surface area contributed by atoms with E-state index in [2.05, 4.69) is 20.2 Å². The Kier molecular flexibility index (Phi) is 8.56. The summed E-state index contributed by atoms with van der Waals surface area (Å²) >= 11 is 0. The Labute approximate surface area is 183 Å². The molecule has 2 aromatic rings. The highest BCUT2D eigenvalue weighted by Crippen LogP contribution is 2.15. The van der Waals surface area contributed by atoms with Crippen LogP contribution < -0.4 is 16.0 Å². The number of anilines is 2. The van der Waals surface area contributed by atoms with Gasteiger partial charge in [0.25, 0.3) is 0 Å². The molecule has 1 aromatic heterocycles. The Balaban J connectivity index is 0.00000320. The monoisotopic (exact) mass is 432 g/mol. The van der Waals surface area contributed by atoms with Crippen molar-refractivity contribution in [2.24, 2.45) is 11.7 Å². The molecule has 0 saturated carbocycles. The number of rotatable bonds is 6. The van der Waals surface area contributed by atoms with Crippen LogP contribution in [-0.2, 0) is 16.0 Å². The van der Waals surface area contributed by atoms with Gasteiger partial charge in [0, 0.05) is 50.3 Å². The van der Waals surface area contributed by atoms with Gasteiger partial charge in [-0.15, -0.1) is 12.4 Å². The molecule has 1 fully saturated rings. The topological polar surface area (TPSA) is 104 Å². The maximum atomic E-state index is 12.6. The first-order valence-corrected chi connectivity index (χ1v) is 9.89. The minimum atomic E-state index is -0.267. The van der Waals surface area contributed by atoms with E-state index in [-0.39, 0.29) is 36.2 Å². The number of carbonyl (C=O) groups excluding carboxylic acids is 2.